The molecule has 0 unspecified atom stereocenters. The van der Waals surface area contributed by atoms with Crippen molar-refractivity contribution < 1.29 is 4.52 Å². The summed E-state index contributed by atoms with van der Waals surface area (Å²) in [4.78, 5) is 9.13. The number of unbranched alkanes of at least 4 members (excludes halogenated alkanes) is 1. The molecule has 2 aromatic heterocycles. The molecule has 1 aromatic carbocycles. The Kier molecular flexibility index (Phi) is 4.77. The normalized spacial score (nSPS) is 11.4. The number of fused-ring (bicyclic) bond motifs is 1. The molecule has 0 aliphatic rings. The van der Waals surface area contributed by atoms with E-state index in [0.29, 0.717) is 5.75 Å². The first-order valence-electron chi connectivity index (χ1n) is 7.71. The van der Waals surface area contributed by atoms with Crippen LogP contribution in [0.25, 0.3) is 11.0 Å². The largest absolute Gasteiger partial charge is 0.339 e. The SMILES string of the molecule is CCCCc1nc(CSc2nc3ccccc3n2CC)no1. The molecule has 3 aromatic rings. The lowest BCUT2D eigenvalue weighted by atomic mass is 10.2. The van der Waals surface area contributed by atoms with Crippen LogP contribution < -0.4 is 0 Å². The predicted molar refractivity (Wildman–Crippen MR) is 87.9 cm³/mol. The number of para-hydroxylation sites is 2. The van der Waals surface area contributed by atoms with Crippen LogP contribution in [0.3, 0.4) is 0 Å². The number of rotatable bonds is 7. The van der Waals surface area contributed by atoms with E-state index in [1.165, 1.54) is 5.52 Å². The predicted octanol–water partition coefficient (Wildman–Crippen LogP) is 4.07. The molecule has 0 saturated heterocycles. The Bertz CT molecular complexity index is 750. The maximum Gasteiger partial charge on any atom is 0.226 e. The molecule has 0 fully saturated rings. The van der Waals surface area contributed by atoms with Crippen molar-refractivity contribution in [2.75, 3.05) is 0 Å². The van der Waals surface area contributed by atoms with Gasteiger partial charge in [0.05, 0.1) is 16.8 Å². The molecule has 0 saturated carbocycles. The van der Waals surface area contributed by atoms with Gasteiger partial charge in [0.15, 0.2) is 11.0 Å². The van der Waals surface area contributed by atoms with Gasteiger partial charge < -0.3 is 9.09 Å². The van der Waals surface area contributed by atoms with E-state index < -0.39 is 0 Å². The van der Waals surface area contributed by atoms with Crippen molar-refractivity contribution in [3.8, 4) is 0 Å². The van der Waals surface area contributed by atoms with Gasteiger partial charge in [-0.3, -0.25) is 0 Å². The van der Waals surface area contributed by atoms with Crippen molar-refractivity contribution in [1.82, 2.24) is 19.7 Å². The van der Waals surface area contributed by atoms with Gasteiger partial charge in [0.1, 0.15) is 0 Å². The Balaban J connectivity index is 1.72. The van der Waals surface area contributed by atoms with Gasteiger partial charge in [-0.25, -0.2) is 4.98 Å². The summed E-state index contributed by atoms with van der Waals surface area (Å²) in [5.41, 5.74) is 2.20. The van der Waals surface area contributed by atoms with Crippen molar-refractivity contribution in [3.63, 3.8) is 0 Å². The molecule has 0 spiro atoms. The van der Waals surface area contributed by atoms with Crippen LogP contribution in [0.2, 0.25) is 0 Å². The Labute approximate surface area is 134 Å². The van der Waals surface area contributed by atoms with Crippen LogP contribution in [0, 0.1) is 0 Å². The summed E-state index contributed by atoms with van der Waals surface area (Å²) in [5.74, 6) is 2.16. The molecular formula is C16H20N4OS. The fourth-order valence-electron chi connectivity index (χ4n) is 2.38. The first-order chi connectivity index (χ1) is 10.8. The van der Waals surface area contributed by atoms with Crippen LogP contribution >= 0.6 is 11.8 Å². The third-order valence-electron chi connectivity index (χ3n) is 3.52. The van der Waals surface area contributed by atoms with Crippen LogP contribution in [0.5, 0.6) is 0 Å². The molecule has 116 valence electrons. The first-order valence-corrected chi connectivity index (χ1v) is 8.70. The van der Waals surface area contributed by atoms with Crippen molar-refractivity contribution in [2.45, 2.75) is 50.6 Å². The van der Waals surface area contributed by atoms with E-state index in [4.69, 9.17) is 9.51 Å². The van der Waals surface area contributed by atoms with Gasteiger partial charge in [-0.15, -0.1) is 0 Å². The van der Waals surface area contributed by atoms with Gasteiger partial charge in [-0.2, -0.15) is 4.98 Å². The van der Waals surface area contributed by atoms with E-state index in [1.807, 2.05) is 18.2 Å². The molecule has 3 rings (SSSR count). The number of nitrogens with zero attached hydrogens (tertiary/aromatic N) is 4. The summed E-state index contributed by atoms with van der Waals surface area (Å²) in [5, 5.41) is 5.05. The van der Waals surface area contributed by atoms with E-state index in [9.17, 15) is 0 Å². The number of thioether (sulfide) groups is 1. The topological polar surface area (TPSA) is 56.7 Å². The summed E-state index contributed by atoms with van der Waals surface area (Å²) in [6, 6.07) is 8.21. The summed E-state index contributed by atoms with van der Waals surface area (Å²) < 4.78 is 7.49. The summed E-state index contributed by atoms with van der Waals surface area (Å²) in [7, 11) is 0. The molecule has 0 aliphatic heterocycles. The minimum atomic E-state index is 0.680. The Hall–Kier alpha value is -1.82. The number of hydrogen-bond donors (Lipinski definition) is 0. The maximum absolute atomic E-state index is 5.27. The lowest BCUT2D eigenvalue weighted by Gasteiger charge is -2.03. The highest BCUT2D eigenvalue weighted by molar-refractivity contribution is 7.98. The molecule has 22 heavy (non-hydrogen) atoms. The molecule has 0 radical (unpaired) electrons. The zero-order valence-corrected chi connectivity index (χ0v) is 13.8. The second kappa shape index (κ2) is 6.96. The van der Waals surface area contributed by atoms with E-state index >= 15 is 0 Å². The molecule has 0 bridgehead atoms. The number of imidazole rings is 1. The van der Waals surface area contributed by atoms with Gasteiger partial charge in [0, 0.05) is 13.0 Å². The van der Waals surface area contributed by atoms with Crippen molar-refractivity contribution in [2.24, 2.45) is 0 Å². The molecular weight excluding hydrogens is 296 g/mol. The van der Waals surface area contributed by atoms with Gasteiger partial charge in [-0.1, -0.05) is 42.4 Å². The lowest BCUT2D eigenvalue weighted by Crippen LogP contribution is -1.97. The molecule has 0 amide bonds. The molecule has 5 nitrogen and oxygen atoms in total. The van der Waals surface area contributed by atoms with Gasteiger partial charge in [0.2, 0.25) is 5.89 Å². The van der Waals surface area contributed by atoms with E-state index in [0.717, 1.165) is 48.2 Å². The average Bonchev–Trinajstić information content (AvgIpc) is 3.14. The molecule has 6 heteroatoms. The van der Waals surface area contributed by atoms with Crippen LogP contribution in [0.1, 0.15) is 38.4 Å². The molecule has 0 aliphatic carbocycles. The minimum absolute atomic E-state index is 0.680. The average molecular weight is 316 g/mol. The Morgan fingerprint density at radius 2 is 2.05 bits per heavy atom. The second-order valence-corrected chi connectivity index (χ2v) is 6.07. The van der Waals surface area contributed by atoms with Crippen LogP contribution in [-0.2, 0) is 18.7 Å². The van der Waals surface area contributed by atoms with E-state index in [-0.39, 0.29) is 0 Å². The van der Waals surface area contributed by atoms with Gasteiger partial charge in [-0.05, 0) is 25.5 Å². The third-order valence-corrected chi connectivity index (χ3v) is 4.49. The quantitative estimate of drug-likeness (QED) is 0.615. The van der Waals surface area contributed by atoms with E-state index in [1.54, 1.807) is 11.8 Å². The smallest absolute Gasteiger partial charge is 0.226 e. The zero-order valence-electron chi connectivity index (χ0n) is 13.0. The number of benzene rings is 1. The fraction of sp³-hybridized carbons (Fsp3) is 0.438. The monoisotopic (exact) mass is 316 g/mol. The van der Waals surface area contributed by atoms with Crippen molar-refractivity contribution >= 4 is 22.8 Å². The van der Waals surface area contributed by atoms with Gasteiger partial charge >= 0.3 is 0 Å². The standard InChI is InChI=1S/C16H20N4OS/c1-3-5-10-15-18-14(19-21-15)11-22-16-17-12-8-6-7-9-13(12)20(16)4-2/h6-9H,3-5,10-11H2,1-2H3. The minimum Gasteiger partial charge on any atom is -0.339 e. The van der Waals surface area contributed by atoms with Crippen LogP contribution in [-0.4, -0.2) is 19.7 Å². The zero-order chi connectivity index (χ0) is 15.4. The highest BCUT2D eigenvalue weighted by atomic mass is 32.2. The second-order valence-electron chi connectivity index (χ2n) is 5.12. The molecule has 2 heterocycles. The highest BCUT2D eigenvalue weighted by Gasteiger charge is 2.12. The molecule has 0 atom stereocenters. The summed E-state index contributed by atoms with van der Waals surface area (Å²) in [6.07, 6.45) is 3.08. The van der Waals surface area contributed by atoms with E-state index in [2.05, 4.69) is 34.6 Å². The highest BCUT2D eigenvalue weighted by Crippen LogP contribution is 2.26. The summed E-state index contributed by atoms with van der Waals surface area (Å²) >= 11 is 1.65. The Morgan fingerprint density at radius 1 is 1.18 bits per heavy atom. The fourth-order valence-corrected chi connectivity index (χ4v) is 3.30. The van der Waals surface area contributed by atoms with Crippen molar-refractivity contribution in [1.29, 1.82) is 0 Å². The Morgan fingerprint density at radius 3 is 2.86 bits per heavy atom. The number of aromatic nitrogens is 4. The van der Waals surface area contributed by atoms with Crippen LogP contribution in [0.4, 0.5) is 0 Å². The number of aryl methyl sites for hydroxylation is 2. The third kappa shape index (κ3) is 3.16. The van der Waals surface area contributed by atoms with Crippen LogP contribution in [0.15, 0.2) is 33.9 Å². The van der Waals surface area contributed by atoms with Crippen molar-refractivity contribution in [3.05, 3.63) is 36.0 Å². The lowest BCUT2D eigenvalue weighted by molar-refractivity contribution is 0.371. The first kappa shape index (κ1) is 15.1. The number of hydrogen-bond acceptors (Lipinski definition) is 5. The molecule has 0 N–H and O–H groups in total. The van der Waals surface area contributed by atoms with Gasteiger partial charge in [0.25, 0.3) is 0 Å². The maximum atomic E-state index is 5.27. The summed E-state index contributed by atoms with van der Waals surface area (Å²) in [6.45, 7) is 5.19.